The number of aliphatic hydroxyl groups excluding tert-OH is 1. The zero-order valence-corrected chi connectivity index (χ0v) is 11.5. The molecular formula is C16H28O. The molecular weight excluding hydrogens is 208 g/mol. The fourth-order valence-electron chi connectivity index (χ4n) is 3.45. The average molecular weight is 236 g/mol. The Bertz CT molecular complexity index is 254. The molecule has 0 saturated carbocycles. The molecule has 0 heterocycles. The van der Waals surface area contributed by atoms with Crippen molar-refractivity contribution in [3.8, 4) is 0 Å². The van der Waals surface area contributed by atoms with Crippen LogP contribution >= 0.6 is 0 Å². The molecule has 0 radical (unpaired) electrons. The van der Waals surface area contributed by atoms with Crippen molar-refractivity contribution >= 4 is 0 Å². The van der Waals surface area contributed by atoms with E-state index in [-0.39, 0.29) is 0 Å². The van der Waals surface area contributed by atoms with Crippen molar-refractivity contribution in [2.24, 2.45) is 17.8 Å². The number of allylic oxidation sites excluding steroid dienone is 3. The highest BCUT2D eigenvalue weighted by Crippen LogP contribution is 2.39. The Morgan fingerprint density at radius 3 is 2.76 bits per heavy atom. The van der Waals surface area contributed by atoms with Gasteiger partial charge in [0.1, 0.15) is 0 Å². The summed E-state index contributed by atoms with van der Waals surface area (Å²) in [6.45, 7) is 8.84. The van der Waals surface area contributed by atoms with Crippen LogP contribution in [0, 0.1) is 17.8 Å². The minimum absolute atomic E-state index is 0.328. The molecule has 17 heavy (non-hydrogen) atoms. The zero-order valence-electron chi connectivity index (χ0n) is 11.5. The summed E-state index contributed by atoms with van der Waals surface area (Å²) in [4.78, 5) is 0. The SMILES string of the molecule is C=CC1=CCCCC1C(CC)C(CC)CCO. The van der Waals surface area contributed by atoms with Gasteiger partial charge in [-0.1, -0.05) is 45.4 Å². The molecule has 0 aromatic rings. The first kappa shape index (κ1) is 14.5. The summed E-state index contributed by atoms with van der Waals surface area (Å²) >= 11 is 0. The first-order valence-corrected chi connectivity index (χ1v) is 7.21. The molecule has 3 unspecified atom stereocenters. The van der Waals surface area contributed by atoms with Gasteiger partial charge in [0, 0.05) is 6.61 Å². The van der Waals surface area contributed by atoms with Crippen LogP contribution < -0.4 is 0 Å². The Labute approximate surface area is 107 Å². The molecule has 0 aromatic carbocycles. The second-order valence-corrected chi connectivity index (χ2v) is 5.20. The molecule has 0 spiro atoms. The van der Waals surface area contributed by atoms with E-state index in [1.54, 1.807) is 0 Å². The Morgan fingerprint density at radius 1 is 1.47 bits per heavy atom. The van der Waals surface area contributed by atoms with Crippen LogP contribution in [0.2, 0.25) is 0 Å². The van der Waals surface area contributed by atoms with E-state index < -0.39 is 0 Å². The van der Waals surface area contributed by atoms with Crippen molar-refractivity contribution in [3.05, 3.63) is 24.3 Å². The summed E-state index contributed by atoms with van der Waals surface area (Å²) < 4.78 is 0. The summed E-state index contributed by atoms with van der Waals surface area (Å²) in [7, 11) is 0. The van der Waals surface area contributed by atoms with E-state index in [9.17, 15) is 5.11 Å². The van der Waals surface area contributed by atoms with Crippen LogP contribution in [0.3, 0.4) is 0 Å². The number of rotatable bonds is 7. The van der Waals surface area contributed by atoms with Crippen molar-refractivity contribution in [3.63, 3.8) is 0 Å². The van der Waals surface area contributed by atoms with Crippen molar-refractivity contribution in [2.75, 3.05) is 6.61 Å². The molecule has 1 aliphatic carbocycles. The second-order valence-electron chi connectivity index (χ2n) is 5.20. The van der Waals surface area contributed by atoms with E-state index in [2.05, 4.69) is 32.6 Å². The second kappa shape index (κ2) is 7.71. The lowest BCUT2D eigenvalue weighted by Crippen LogP contribution is -2.26. The van der Waals surface area contributed by atoms with Gasteiger partial charge in [0.25, 0.3) is 0 Å². The summed E-state index contributed by atoms with van der Waals surface area (Å²) in [5.74, 6) is 2.07. The van der Waals surface area contributed by atoms with Crippen molar-refractivity contribution in [2.45, 2.75) is 52.4 Å². The number of hydrogen-bond acceptors (Lipinski definition) is 1. The van der Waals surface area contributed by atoms with Gasteiger partial charge in [-0.3, -0.25) is 0 Å². The van der Waals surface area contributed by atoms with Crippen LogP contribution in [0.5, 0.6) is 0 Å². The van der Waals surface area contributed by atoms with E-state index in [0.29, 0.717) is 18.4 Å². The monoisotopic (exact) mass is 236 g/mol. The largest absolute Gasteiger partial charge is 0.396 e. The van der Waals surface area contributed by atoms with Gasteiger partial charge < -0.3 is 5.11 Å². The van der Waals surface area contributed by atoms with Gasteiger partial charge >= 0.3 is 0 Å². The fraction of sp³-hybridized carbons (Fsp3) is 0.750. The summed E-state index contributed by atoms with van der Waals surface area (Å²) in [6.07, 6.45) is 11.6. The highest BCUT2D eigenvalue weighted by Gasteiger charge is 2.29. The third kappa shape index (κ3) is 3.70. The van der Waals surface area contributed by atoms with Crippen molar-refractivity contribution < 1.29 is 5.11 Å². The predicted octanol–water partition coefficient (Wildman–Crippen LogP) is 4.33. The molecule has 1 aliphatic rings. The lowest BCUT2D eigenvalue weighted by Gasteiger charge is -2.35. The van der Waals surface area contributed by atoms with Crippen LogP contribution in [0.1, 0.15) is 52.4 Å². The Balaban J connectivity index is 2.80. The van der Waals surface area contributed by atoms with Gasteiger partial charge in [0.15, 0.2) is 0 Å². The van der Waals surface area contributed by atoms with Gasteiger partial charge in [0.05, 0.1) is 0 Å². The first-order chi connectivity index (χ1) is 8.28. The predicted molar refractivity (Wildman–Crippen MR) is 74.9 cm³/mol. The molecule has 0 fully saturated rings. The average Bonchev–Trinajstić information content (AvgIpc) is 2.39. The van der Waals surface area contributed by atoms with Gasteiger partial charge in [-0.05, 0) is 49.0 Å². The fourth-order valence-corrected chi connectivity index (χ4v) is 3.45. The Kier molecular flexibility index (Phi) is 6.57. The molecule has 1 rings (SSSR count). The maximum absolute atomic E-state index is 9.20. The molecule has 1 nitrogen and oxygen atoms in total. The summed E-state index contributed by atoms with van der Waals surface area (Å²) in [5, 5.41) is 9.20. The maximum atomic E-state index is 9.20. The number of hydrogen-bond donors (Lipinski definition) is 1. The lowest BCUT2D eigenvalue weighted by atomic mass is 9.70. The topological polar surface area (TPSA) is 20.2 Å². The third-order valence-corrected chi connectivity index (χ3v) is 4.38. The highest BCUT2D eigenvalue weighted by molar-refractivity contribution is 5.22. The third-order valence-electron chi connectivity index (χ3n) is 4.38. The van der Waals surface area contributed by atoms with Crippen LogP contribution in [-0.2, 0) is 0 Å². The van der Waals surface area contributed by atoms with E-state index in [1.165, 1.54) is 37.7 Å². The Morgan fingerprint density at radius 2 is 2.24 bits per heavy atom. The molecule has 0 saturated heterocycles. The molecule has 0 bridgehead atoms. The quantitative estimate of drug-likeness (QED) is 0.697. The molecule has 98 valence electrons. The summed E-state index contributed by atoms with van der Waals surface area (Å²) in [6, 6.07) is 0. The van der Waals surface area contributed by atoms with Crippen molar-refractivity contribution in [1.82, 2.24) is 0 Å². The summed E-state index contributed by atoms with van der Waals surface area (Å²) in [5.41, 5.74) is 1.46. The van der Waals surface area contributed by atoms with Crippen LogP contribution in [-0.4, -0.2) is 11.7 Å². The van der Waals surface area contributed by atoms with Gasteiger partial charge in [-0.2, -0.15) is 0 Å². The van der Waals surface area contributed by atoms with E-state index in [0.717, 1.165) is 12.3 Å². The minimum atomic E-state index is 0.328. The van der Waals surface area contributed by atoms with Crippen LogP contribution in [0.15, 0.2) is 24.3 Å². The van der Waals surface area contributed by atoms with Gasteiger partial charge in [0.2, 0.25) is 0 Å². The minimum Gasteiger partial charge on any atom is -0.396 e. The molecule has 0 amide bonds. The van der Waals surface area contributed by atoms with Gasteiger partial charge in [-0.15, -0.1) is 0 Å². The van der Waals surface area contributed by atoms with Gasteiger partial charge in [-0.25, -0.2) is 0 Å². The van der Waals surface area contributed by atoms with E-state index in [1.807, 2.05) is 0 Å². The molecule has 0 aromatic heterocycles. The standard InChI is InChI=1S/C16H28O/c1-4-13-9-7-8-10-16(13)15(6-3)14(5-2)11-12-17/h4,9,14-17H,1,5-8,10-12H2,2-3H3. The molecule has 3 atom stereocenters. The smallest absolute Gasteiger partial charge is 0.0433 e. The lowest BCUT2D eigenvalue weighted by molar-refractivity contribution is 0.171. The first-order valence-electron chi connectivity index (χ1n) is 7.21. The molecule has 0 aliphatic heterocycles. The molecule has 1 N–H and O–H groups in total. The number of aliphatic hydroxyl groups is 1. The van der Waals surface area contributed by atoms with Crippen LogP contribution in [0.25, 0.3) is 0 Å². The zero-order chi connectivity index (χ0) is 12.7. The Hall–Kier alpha value is -0.560. The van der Waals surface area contributed by atoms with Crippen molar-refractivity contribution in [1.29, 1.82) is 0 Å². The molecule has 1 heteroatoms. The van der Waals surface area contributed by atoms with E-state index >= 15 is 0 Å². The maximum Gasteiger partial charge on any atom is 0.0433 e. The highest BCUT2D eigenvalue weighted by atomic mass is 16.3. The normalized spacial score (nSPS) is 23.9. The van der Waals surface area contributed by atoms with Crippen LogP contribution in [0.4, 0.5) is 0 Å². The van der Waals surface area contributed by atoms with E-state index in [4.69, 9.17) is 0 Å².